The van der Waals surface area contributed by atoms with E-state index < -0.39 is 0 Å². The molecular weight excluding hydrogens is 338 g/mol. The third-order valence-electron chi connectivity index (χ3n) is 5.44. The lowest BCUT2D eigenvalue weighted by atomic mass is 9.91. The van der Waals surface area contributed by atoms with Crippen LogP contribution in [0.4, 0.5) is 0 Å². The molecule has 5 heteroatoms. The van der Waals surface area contributed by atoms with Gasteiger partial charge >= 0.3 is 0 Å². The molecule has 1 aliphatic heterocycles. The molecule has 0 aliphatic carbocycles. The van der Waals surface area contributed by atoms with Crippen molar-refractivity contribution >= 4 is 16.7 Å². The number of likely N-dealkylation sites (tertiary alicyclic amines) is 1. The summed E-state index contributed by atoms with van der Waals surface area (Å²) in [5, 5.41) is 1.19. The van der Waals surface area contributed by atoms with Crippen LogP contribution in [0.2, 0.25) is 0 Å². The summed E-state index contributed by atoms with van der Waals surface area (Å²) in [5.74, 6) is 0.968. The van der Waals surface area contributed by atoms with E-state index in [-0.39, 0.29) is 11.7 Å². The van der Waals surface area contributed by atoms with Gasteiger partial charge in [0.15, 0.2) is 0 Å². The van der Waals surface area contributed by atoms with Crippen LogP contribution < -0.4 is 0 Å². The third-order valence-corrected chi connectivity index (χ3v) is 5.44. The molecule has 0 atom stereocenters. The Morgan fingerprint density at radius 2 is 2.00 bits per heavy atom. The quantitative estimate of drug-likeness (QED) is 0.579. The fourth-order valence-corrected chi connectivity index (χ4v) is 3.88. The van der Waals surface area contributed by atoms with Crippen molar-refractivity contribution in [1.29, 1.82) is 0 Å². The minimum absolute atomic E-state index is 0.0137. The fraction of sp³-hybridized carbons (Fsp3) is 0.409. The van der Waals surface area contributed by atoms with Crippen LogP contribution in [0.3, 0.4) is 0 Å². The number of fused-ring (bicyclic) bond motifs is 1. The highest BCUT2D eigenvalue weighted by Crippen LogP contribution is 2.24. The topological polar surface area (TPSA) is 59.2 Å². The van der Waals surface area contributed by atoms with E-state index >= 15 is 0 Å². The number of oxazole rings is 1. The first-order valence-corrected chi connectivity index (χ1v) is 9.77. The summed E-state index contributed by atoms with van der Waals surface area (Å²) in [6.45, 7) is 3.12. The standard InChI is InChI=1S/C22H25N3O2/c26-21(22-23-12-15-27-22)7-3-4-17-10-13-25(14-11-17)16-19-9-8-18-5-1-2-6-20(18)24-19/h1-2,5-6,8-9,12,15,17H,3-4,7,10-11,13-14,16H2. The number of Topliss-reactive ketones (excluding diaryl/α,β-unsaturated/α-hetero) is 1. The van der Waals surface area contributed by atoms with Crippen LogP contribution in [-0.4, -0.2) is 33.7 Å². The maximum atomic E-state index is 11.9. The zero-order valence-corrected chi connectivity index (χ0v) is 15.5. The molecule has 1 aliphatic rings. The summed E-state index contributed by atoms with van der Waals surface area (Å²) in [6.07, 6.45) is 7.91. The van der Waals surface area contributed by atoms with E-state index in [4.69, 9.17) is 9.40 Å². The Kier molecular flexibility index (Phi) is 5.58. The van der Waals surface area contributed by atoms with Gasteiger partial charge in [0.1, 0.15) is 6.26 Å². The van der Waals surface area contributed by atoms with Crippen molar-refractivity contribution in [3.05, 3.63) is 60.4 Å². The molecule has 0 N–H and O–H groups in total. The first kappa shape index (κ1) is 17.9. The highest BCUT2D eigenvalue weighted by molar-refractivity contribution is 5.91. The zero-order valence-electron chi connectivity index (χ0n) is 15.5. The van der Waals surface area contributed by atoms with E-state index in [1.807, 2.05) is 12.1 Å². The molecule has 0 bridgehead atoms. The maximum Gasteiger partial charge on any atom is 0.263 e. The van der Waals surface area contributed by atoms with E-state index in [9.17, 15) is 4.79 Å². The van der Waals surface area contributed by atoms with Gasteiger partial charge in [0.2, 0.25) is 5.78 Å². The van der Waals surface area contributed by atoms with Gasteiger partial charge in [-0.2, -0.15) is 0 Å². The number of carbonyl (C=O) groups excluding carboxylic acids is 1. The molecule has 1 saturated heterocycles. The number of piperidine rings is 1. The van der Waals surface area contributed by atoms with Gasteiger partial charge in [0.05, 0.1) is 17.4 Å². The third kappa shape index (κ3) is 4.61. The second-order valence-electron chi connectivity index (χ2n) is 7.37. The van der Waals surface area contributed by atoms with E-state index in [1.54, 1.807) is 0 Å². The molecule has 1 aromatic carbocycles. The van der Waals surface area contributed by atoms with Crippen LogP contribution in [0.25, 0.3) is 10.9 Å². The lowest BCUT2D eigenvalue weighted by Gasteiger charge is -2.31. The zero-order chi connectivity index (χ0) is 18.5. The number of hydrogen-bond donors (Lipinski definition) is 0. The normalized spacial score (nSPS) is 16.0. The molecular formula is C22H25N3O2. The monoisotopic (exact) mass is 363 g/mol. The van der Waals surface area contributed by atoms with Gasteiger partial charge in [0.25, 0.3) is 5.89 Å². The van der Waals surface area contributed by atoms with Crippen molar-refractivity contribution < 1.29 is 9.21 Å². The summed E-state index contributed by atoms with van der Waals surface area (Å²) in [5.41, 5.74) is 2.21. The average Bonchev–Trinajstić information content (AvgIpc) is 3.24. The summed E-state index contributed by atoms with van der Waals surface area (Å²) in [4.78, 5) is 23.1. The Bertz CT molecular complexity index is 883. The van der Waals surface area contributed by atoms with Crippen molar-refractivity contribution in [1.82, 2.24) is 14.9 Å². The first-order valence-electron chi connectivity index (χ1n) is 9.77. The number of aromatic nitrogens is 2. The Balaban J connectivity index is 1.21. The minimum Gasteiger partial charge on any atom is -0.442 e. The number of rotatable bonds is 7. The predicted molar refractivity (Wildman–Crippen MR) is 104 cm³/mol. The average molecular weight is 363 g/mol. The van der Waals surface area contributed by atoms with Gasteiger partial charge in [-0.25, -0.2) is 4.98 Å². The molecule has 27 heavy (non-hydrogen) atoms. The maximum absolute atomic E-state index is 11.9. The molecule has 140 valence electrons. The second-order valence-corrected chi connectivity index (χ2v) is 7.37. The fourth-order valence-electron chi connectivity index (χ4n) is 3.88. The van der Waals surface area contributed by atoms with Crippen LogP contribution in [0.1, 0.15) is 48.5 Å². The van der Waals surface area contributed by atoms with Crippen LogP contribution >= 0.6 is 0 Å². The first-order chi connectivity index (χ1) is 13.3. The summed E-state index contributed by atoms with van der Waals surface area (Å²) in [6, 6.07) is 12.6. The molecule has 5 nitrogen and oxygen atoms in total. The molecule has 0 unspecified atom stereocenters. The number of ketones is 1. The van der Waals surface area contributed by atoms with Crippen LogP contribution in [-0.2, 0) is 6.54 Å². The Labute approximate surface area is 159 Å². The summed E-state index contributed by atoms with van der Waals surface area (Å²) >= 11 is 0. The molecule has 2 aromatic heterocycles. The molecule has 4 rings (SSSR count). The van der Waals surface area contributed by atoms with E-state index in [1.165, 1.54) is 30.7 Å². The Morgan fingerprint density at radius 3 is 2.81 bits per heavy atom. The highest BCUT2D eigenvalue weighted by Gasteiger charge is 2.20. The van der Waals surface area contributed by atoms with Gasteiger partial charge < -0.3 is 4.42 Å². The summed E-state index contributed by atoms with van der Waals surface area (Å²) in [7, 11) is 0. The second kappa shape index (κ2) is 8.44. The molecule has 3 heterocycles. The molecule has 3 aromatic rings. The smallest absolute Gasteiger partial charge is 0.263 e. The Morgan fingerprint density at radius 1 is 1.15 bits per heavy atom. The predicted octanol–water partition coefficient (Wildman–Crippen LogP) is 4.49. The van der Waals surface area contributed by atoms with Crippen LogP contribution in [0.5, 0.6) is 0 Å². The van der Waals surface area contributed by atoms with Gasteiger partial charge in [-0.05, 0) is 56.8 Å². The van der Waals surface area contributed by atoms with E-state index in [0.717, 1.165) is 43.7 Å². The molecule has 0 radical (unpaired) electrons. The van der Waals surface area contributed by atoms with Gasteiger partial charge in [0, 0.05) is 18.4 Å². The van der Waals surface area contributed by atoms with Gasteiger partial charge in [-0.1, -0.05) is 24.3 Å². The number of pyridine rings is 1. The van der Waals surface area contributed by atoms with Crippen molar-refractivity contribution in [2.24, 2.45) is 5.92 Å². The van der Waals surface area contributed by atoms with E-state index in [0.29, 0.717) is 12.3 Å². The summed E-state index contributed by atoms with van der Waals surface area (Å²) < 4.78 is 5.06. The number of para-hydroxylation sites is 1. The molecule has 0 amide bonds. The lowest BCUT2D eigenvalue weighted by molar-refractivity contribution is 0.0940. The molecule has 0 saturated carbocycles. The lowest BCUT2D eigenvalue weighted by Crippen LogP contribution is -2.33. The minimum atomic E-state index is 0.0137. The number of carbonyl (C=O) groups is 1. The molecule has 1 fully saturated rings. The van der Waals surface area contributed by atoms with E-state index in [2.05, 4.69) is 34.1 Å². The highest BCUT2D eigenvalue weighted by atomic mass is 16.3. The number of benzene rings is 1. The van der Waals surface area contributed by atoms with Crippen molar-refractivity contribution in [3.63, 3.8) is 0 Å². The largest absolute Gasteiger partial charge is 0.442 e. The van der Waals surface area contributed by atoms with Crippen LogP contribution in [0, 0.1) is 5.92 Å². The van der Waals surface area contributed by atoms with Crippen molar-refractivity contribution in [2.45, 2.75) is 38.6 Å². The Hall–Kier alpha value is -2.53. The van der Waals surface area contributed by atoms with Gasteiger partial charge in [-0.15, -0.1) is 0 Å². The number of nitrogens with zero attached hydrogens (tertiary/aromatic N) is 3. The molecule has 0 spiro atoms. The van der Waals surface area contributed by atoms with Gasteiger partial charge in [-0.3, -0.25) is 14.7 Å². The SMILES string of the molecule is O=C(CCCC1CCN(Cc2ccc3ccccc3n2)CC1)c1ncco1. The van der Waals surface area contributed by atoms with Crippen molar-refractivity contribution in [2.75, 3.05) is 13.1 Å². The number of hydrogen-bond acceptors (Lipinski definition) is 5. The van der Waals surface area contributed by atoms with Crippen LogP contribution in [0.15, 0.2) is 53.3 Å². The van der Waals surface area contributed by atoms with Crippen molar-refractivity contribution in [3.8, 4) is 0 Å².